The molecule has 0 radical (unpaired) electrons. The van der Waals surface area contributed by atoms with E-state index in [0.717, 1.165) is 0 Å². The van der Waals surface area contributed by atoms with Gasteiger partial charge >= 0.3 is 0 Å². The standard InChI is InChI=1S/C10H16N4O2S3/c1-10(2,3)12-7(16)5-18-9-14-13-8(19-9)17-4-6(11)15/h4-5H2,1-3H3,(H2,11,15)(H,12,16). The minimum atomic E-state index is -0.390. The summed E-state index contributed by atoms with van der Waals surface area (Å²) in [6.07, 6.45) is 0. The highest BCUT2D eigenvalue weighted by molar-refractivity contribution is 8.03. The molecule has 0 aliphatic carbocycles. The Morgan fingerprint density at radius 1 is 1.21 bits per heavy atom. The van der Waals surface area contributed by atoms with Crippen LogP contribution in [0.2, 0.25) is 0 Å². The monoisotopic (exact) mass is 320 g/mol. The maximum absolute atomic E-state index is 11.6. The molecule has 6 nitrogen and oxygen atoms in total. The number of rotatable bonds is 6. The van der Waals surface area contributed by atoms with Gasteiger partial charge in [0.25, 0.3) is 0 Å². The van der Waals surface area contributed by atoms with Crippen molar-refractivity contribution in [2.24, 2.45) is 5.73 Å². The molecule has 0 fully saturated rings. The number of hydrogen-bond acceptors (Lipinski definition) is 7. The maximum atomic E-state index is 11.6. The number of hydrogen-bond donors (Lipinski definition) is 2. The van der Waals surface area contributed by atoms with Crippen LogP contribution in [0.1, 0.15) is 20.8 Å². The number of nitrogens with one attached hydrogen (secondary N) is 1. The molecular weight excluding hydrogens is 304 g/mol. The van der Waals surface area contributed by atoms with Crippen LogP contribution in [-0.2, 0) is 9.59 Å². The molecule has 106 valence electrons. The van der Waals surface area contributed by atoms with E-state index in [0.29, 0.717) is 14.4 Å². The number of nitrogens with two attached hydrogens (primary N) is 1. The fourth-order valence-electron chi connectivity index (χ4n) is 1.03. The largest absolute Gasteiger partial charge is 0.369 e. The Labute approximate surface area is 124 Å². The van der Waals surface area contributed by atoms with Crippen molar-refractivity contribution in [1.82, 2.24) is 15.5 Å². The van der Waals surface area contributed by atoms with Gasteiger partial charge in [-0.15, -0.1) is 10.2 Å². The Bertz CT molecular complexity index is 456. The van der Waals surface area contributed by atoms with Crippen LogP contribution in [0, 0.1) is 0 Å². The summed E-state index contributed by atoms with van der Waals surface area (Å²) in [5.74, 6) is 0.0499. The second kappa shape index (κ2) is 7.11. The lowest BCUT2D eigenvalue weighted by atomic mass is 10.1. The van der Waals surface area contributed by atoms with Crippen molar-refractivity contribution in [3.63, 3.8) is 0 Å². The zero-order chi connectivity index (χ0) is 14.5. The summed E-state index contributed by atoms with van der Waals surface area (Å²) >= 11 is 3.93. The van der Waals surface area contributed by atoms with Crippen LogP contribution in [-0.4, -0.2) is 39.1 Å². The molecule has 1 heterocycles. The van der Waals surface area contributed by atoms with Crippen molar-refractivity contribution >= 4 is 46.7 Å². The Morgan fingerprint density at radius 2 is 1.74 bits per heavy atom. The molecule has 19 heavy (non-hydrogen) atoms. The van der Waals surface area contributed by atoms with E-state index in [1.54, 1.807) is 0 Å². The van der Waals surface area contributed by atoms with E-state index in [-0.39, 0.29) is 23.1 Å². The van der Waals surface area contributed by atoms with E-state index < -0.39 is 0 Å². The highest BCUT2D eigenvalue weighted by atomic mass is 32.2. The molecule has 1 rings (SSSR count). The third-order valence-corrected chi connectivity index (χ3v) is 4.78. The summed E-state index contributed by atoms with van der Waals surface area (Å²) in [6, 6.07) is 0. The van der Waals surface area contributed by atoms with Crippen molar-refractivity contribution in [2.45, 2.75) is 35.0 Å². The number of aromatic nitrogens is 2. The smallest absolute Gasteiger partial charge is 0.230 e. The maximum Gasteiger partial charge on any atom is 0.230 e. The van der Waals surface area contributed by atoms with Gasteiger partial charge in [0.1, 0.15) is 0 Å². The van der Waals surface area contributed by atoms with Crippen LogP contribution >= 0.6 is 34.9 Å². The van der Waals surface area contributed by atoms with Gasteiger partial charge in [-0.25, -0.2) is 0 Å². The lowest BCUT2D eigenvalue weighted by molar-refractivity contribution is -0.120. The molecule has 0 bridgehead atoms. The van der Waals surface area contributed by atoms with Gasteiger partial charge < -0.3 is 11.1 Å². The zero-order valence-corrected chi connectivity index (χ0v) is 13.4. The highest BCUT2D eigenvalue weighted by Gasteiger charge is 2.15. The quantitative estimate of drug-likeness (QED) is 0.762. The van der Waals surface area contributed by atoms with E-state index in [1.165, 1.54) is 34.9 Å². The molecule has 0 aromatic carbocycles. The first kappa shape index (κ1) is 16.3. The van der Waals surface area contributed by atoms with Gasteiger partial charge in [0.15, 0.2) is 8.68 Å². The molecule has 0 saturated carbocycles. The van der Waals surface area contributed by atoms with Gasteiger partial charge in [0.2, 0.25) is 11.8 Å². The zero-order valence-electron chi connectivity index (χ0n) is 10.9. The molecular formula is C10H16N4O2S3. The first-order valence-electron chi connectivity index (χ1n) is 5.45. The molecule has 1 aromatic rings. The predicted molar refractivity (Wildman–Crippen MR) is 78.4 cm³/mol. The summed E-state index contributed by atoms with van der Waals surface area (Å²) in [4.78, 5) is 22.2. The van der Waals surface area contributed by atoms with E-state index in [2.05, 4.69) is 15.5 Å². The molecule has 3 N–H and O–H groups in total. The average molecular weight is 320 g/mol. The minimum Gasteiger partial charge on any atom is -0.369 e. The number of thioether (sulfide) groups is 2. The van der Waals surface area contributed by atoms with Crippen LogP contribution in [0.25, 0.3) is 0 Å². The van der Waals surface area contributed by atoms with Gasteiger partial charge in [-0.05, 0) is 20.8 Å². The Balaban J connectivity index is 2.38. The van der Waals surface area contributed by atoms with Gasteiger partial charge in [-0.3, -0.25) is 9.59 Å². The van der Waals surface area contributed by atoms with E-state index >= 15 is 0 Å². The third kappa shape index (κ3) is 7.38. The van der Waals surface area contributed by atoms with E-state index in [4.69, 9.17) is 5.73 Å². The van der Waals surface area contributed by atoms with E-state index in [9.17, 15) is 9.59 Å². The van der Waals surface area contributed by atoms with Crippen LogP contribution < -0.4 is 11.1 Å². The molecule has 2 amide bonds. The second-order valence-electron chi connectivity index (χ2n) is 4.68. The summed E-state index contributed by atoms with van der Waals surface area (Å²) in [5.41, 5.74) is 4.81. The van der Waals surface area contributed by atoms with Crippen molar-refractivity contribution in [3.8, 4) is 0 Å². The fraction of sp³-hybridized carbons (Fsp3) is 0.600. The van der Waals surface area contributed by atoms with Crippen LogP contribution in [0.3, 0.4) is 0 Å². The summed E-state index contributed by atoms with van der Waals surface area (Å²) in [7, 11) is 0. The summed E-state index contributed by atoms with van der Waals surface area (Å²) in [6.45, 7) is 5.79. The number of carbonyl (C=O) groups excluding carboxylic acids is 2. The van der Waals surface area contributed by atoms with E-state index in [1.807, 2.05) is 20.8 Å². The summed E-state index contributed by atoms with van der Waals surface area (Å²) in [5, 5.41) is 10.7. The van der Waals surface area contributed by atoms with Gasteiger partial charge in [0.05, 0.1) is 11.5 Å². The van der Waals surface area contributed by atoms with Crippen molar-refractivity contribution in [1.29, 1.82) is 0 Å². The molecule has 1 aromatic heterocycles. The van der Waals surface area contributed by atoms with Crippen LogP contribution in [0.4, 0.5) is 0 Å². The number of amides is 2. The first-order valence-corrected chi connectivity index (χ1v) is 8.23. The van der Waals surface area contributed by atoms with Crippen molar-refractivity contribution in [3.05, 3.63) is 0 Å². The van der Waals surface area contributed by atoms with Crippen LogP contribution in [0.15, 0.2) is 8.68 Å². The third-order valence-electron chi connectivity index (χ3n) is 1.57. The number of nitrogens with zero attached hydrogens (tertiary/aromatic N) is 2. The molecule has 0 saturated heterocycles. The Hall–Kier alpha value is -0.800. The molecule has 0 spiro atoms. The van der Waals surface area contributed by atoms with Gasteiger partial charge in [-0.2, -0.15) is 0 Å². The fourth-order valence-corrected chi connectivity index (χ4v) is 3.59. The lowest BCUT2D eigenvalue weighted by Crippen LogP contribution is -2.41. The Morgan fingerprint density at radius 3 is 2.21 bits per heavy atom. The average Bonchev–Trinajstić information content (AvgIpc) is 2.69. The lowest BCUT2D eigenvalue weighted by Gasteiger charge is -2.19. The highest BCUT2D eigenvalue weighted by Crippen LogP contribution is 2.28. The Kier molecular flexibility index (Phi) is 6.08. The number of carbonyl (C=O) groups is 2. The number of primary amides is 1. The normalized spacial score (nSPS) is 11.3. The SMILES string of the molecule is CC(C)(C)NC(=O)CSc1nnc(SCC(N)=O)s1. The molecule has 0 unspecified atom stereocenters. The van der Waals surface area contributed by atoms with Gasteiger partial charge in [0, 0.05) is 5.54 Å². The molecule has 0 atom stereocenters. The minimum absolute atomic E-state index is 0.0426. The topological polar surface area (TPSA) is 98.0 Å². The predicted octanol–water partition coefficient (Wildman–Crippen LogP) is 1.12. The van der Waals surface area contributed by atoms with Crippen molar-refractivity contribution in [2.75, 3.05) is 11.5 Å². The van der Waals surface area contributed by atoms with Crippen LogP contribution in [0.5, 0.6) is 0 Å². The first-order chi connectivity index (χ1) is 8.76. The van der Waals surface area contributed by atoms with Gasteiger partial charge in [-0.1, -0.05) is 34.9 Å². The van der Waals surface area contributed by atoms with Crippen molar-refractivity contribution < 1.29 is 9.59 Å². The molecule has 0 aliphatic heterocycles. The summed E-state index contributed by atoms with van der Waals surface area (Å²) < 4.78 is 1.38. The second-order valence-corrected chi connectivity index (χ2v) is 8.10. The molecule has 0 aliphatic rings. The molecule has 9 heteroatoms.